The van der Waals surface area contributed by atoms with Crippen molar-refractivity contribution >= 4 is 34.8 Å². The molecule has 0 aliphatic carbocycles. The Bertz CT molecular complexity index is 1160. The monoisotopic (exact) mass is 402 g/mol. The summed E-state index contributed by atoms with van der Waals surface area (Å²) in [5, 5.41) is 0.663. The van der Waals surface area contributed by atoms with Crippen LogP contribution in [0.15, 0.2) is 72.8 Å². The number of aromatic nitrogens is 2. The van der Waals surface area contributed by atoms with E-state index in [2.05, 4.69) is 4.98 Å². The average molecular weight is 403 g/mol. The Kier molecular flexibility index (Phi) is 5.73. The lowest BCUT2D eigenvalue weighted by Crippen LogP contribution is -2.02. The molecule has 0 N–H and O–H groups in total. The van der Waals surface area contributed by atoms with Crippen LogP contribution in [0.4, 0.5) is 0 Å². The molecule has 0 radical (unpaired) electrons. The van der Waals surface area contributed by atoms with Gasteiger partial charge >= 0.3 is 0 Å². The van der Waals surface area contributed by atoms with Crippen molar-refractivity contribution < 1.29 is 9.47 Å². The molecule has 0 aliphatic heterocycles. The van der Waals surface area contributed by atoms with Gasteiger partial charge in [0.15, 0.2) is 0 Å². The van der Waals surface area contributed by atoms with Gasteiger partial charge in [-0.05, 0) is 42.0 Å². The number of rotatable bonds is 6. The van der Waals surface area contributed by atoms with Gasteiger partial charge in [-0.3, -0.25) is 0 Å². The lowest BCUT2D eigenvalue weighted by molar-refractivity contribution is 0.293. The molecule has 0 saturated carbocycles. The highest BCUT2D eigenvalue weighted by Gasteiger charge is 2.09. The minimum atomic E-state index is 0.316. The molecule has 29 heavy (non-hydrogen) atoms. The van der Waals surface area contributed by atoms with Gasteiger partial charge in [-0.15, -0.1) is 0 Å². The summed E-state index contributed by atoms with van der Waals surface area (Å²) in [6.45, 7) is 0.316. The van der Waals surface area contributed by atoms with Crippen molar-refractivity contribution in [3.8, 4) is 11.6 Å². The second-order valence-electron chi connectivity index (χ2n) is 6.39. The maximum absolute atomic E-state index is 6.25. The normalized spacial score (nSPS) is 11.1. The predicted octanol–water partition coefficient (Wildman–Crippen LogP) is 6.04. The molecule has 0 bridgehead atoms. The Balaban J connectivity index is 1.65. The lowest BCUT2D eigenvalue weighted by atomic mass is 10.2. The molecule has 0 amide bonds. The van der Waals surface area contributed by atoms with Crippen LogP contribution in [-0.2, 0) is 6.61 Å². The number of benzene rings is 3. The van der Waals surface area contributed by atoms with Gasteiger partial charge in [0.2, 0.25) is 5.88 Å². The quantitative estimate of drug-likeness (QED) is 0.394. The highest BCUT2D eigenvalue weighted by atomic mass is 35.5. The van der Waals surface area contributed by atoms with E-state index in [-0.39, 0.29) is 0 Å². The van der Waals surface area contributed by atoms with E-state index >= 15 is 0 Å². The Hall–Kier alpha value is -3.37. The van der Waals surface area contributed by atoms with Gasteiger partial charge < -0.3 is 9.47 Å². The van der Waals surface area contributed by atoms with Crippen molar-refractivity contribution in [2.75, 3.05) is 7.11 Å². The zero-order chi connectivity index (χ0) is 20.1. The third kappa shape index (κ3) is 4.55. The van der Waals surface area contributed by atoms with E-state index in [1.165, 1.54) is 0 Å². The maximum atomic E-state index is 6.25. The fourth-order valence-corrected chi connectivity index (χ4v) is 3.05. The number of methoxy groups -OCH3 is 1. The van der Waals surface area contributed by atoms with Gasteiger partial charge in [-0.2, -0.15) is 0 Å². The smallest absolute Gasteiger partial charge is 0.240 e. The molecule has 4 nitrogen and oxygen atoms in total. The number of para-hydroxylation sites is 2. The molecule has 1 heterocycles. The van der Waals surface area contributed by atoms with Crippen LogP contribution in [0.1, 0.15) is 16.8 Å². The van der Waals surface area contributed by atoms with E-state index in [4.69, 9.17) is 26.1 Å². The zero-order valence-electron chi connectivity index (χ0n) is 15.9. The number of hydrogen-bond acceptors (Lipinski definition) is 4. The summed E-state index contributed by atoms with van der Waals surface area (Å²) in [5.41, 5.74) is 4.17. The topological polar surface area (TPSA) is 44.2 Å². The molecule has 3 aromatic carbocycles. The fraction of sp³-hybridized carbons (Fsp3) is 0.0833. The fourth-order valence-electron chi connectivity index (χ4n) is 2.86. The number of halogens is 1. The van der Waals surface area contributed by atoms with Gasteiger partial charge in [-0.1, -0.05) is 60.1 Å². The van der Waals surface area contributed by atoms with Crippen molar-refractivity contribution in [1.82, 2.24) is 9.97 Å². The van der Waals surface area contributed by atoms with Crippen molar-refractivity contribution in [3.05, 3.63) is 94.6 Å². The number of fused-ring (bicyclic) bond motifs is 1. The second kappa shape index (κ2) is 8.76. The van der Waals surface area contributed by atoms with Crippen molar-refractivity contribution in [2.45, 2.75) is 6.61 Å². The molecule has 0 unspecified atom stereocenters. The van der Waals surface area contributed by atoms with Gasteiger partial charge in [0.1, 0.15) is 18.1 Å². The van der Waals surface area contributed by atoms with Gasteiger partial charge in [0.05, 0.1) is 18.1 Å². The number of hydrogen-bond donors (Lipinski definition) is 0. The lowest BCUT2D eigenvalue weighted by Gasteiger charge is -2.10. The summed E-state index contributed by atoms with van der Waals surface area (Å²) in [6.07, 6.45) is 3.88. The van der Waals surface area contributed by atoms with Crippen molar-refractivity contribution in [1.29, 1.82) is 0 Å². The summed E-state index contributed by atoms with van der Waals surface area (Å²) in [6, 6.07) is 23.1. The molecule has 1 aromatic heterocycles. The number of ether oxygens (including phenoxy) is 2. The first-order chi connectivity index (χ1) is 14.2. The summed E-state index contributed by atoms with van der Waals surface area (Å²) in [4.78, 5) is 9.39. The molecule has 144 valence electrons. The third-order valence-corrected chi connectivity index (χ3v) is 4.80. The van der Waals surface area contributed by atoms with Crippen molar-refractivity contribution in [3.63, 3.8) is 0 Å². The molecule has 5 heteroatoms. The van der Waals surface area contributed by atoms with E-state index in [0.29, 0.717) is 23.2 Å². The summed E-state index contributed by atoms with van der Waals surface area (Å²) in [7, 11) is 1.65. The van der Waals surface area contributed by atoms with Crippen LogP contribution in [-0.4, -0.2) is 17.1 Å². The molecule has 0 aliphatic rings. The molecule has 0 atom stereocenters. The van der Waals surface area contributed by atoms with Gasteiger partial charge in [0, 0.05) is 10.6 Å². The van der Waals surface area contributed by atoms with Crippen LogP contribution in [0.2, 0.25) is 5.02 Å². The first kappa shape index (κ1) is 19.0. The second-order valence-corrected chi connectivity index (χ2v) is 6.80. The number of nitrogens with zero attached hydrogens (tertiary/aromatic N) is 2. The van der Waals surface area contributed by atoms with Crippen molar-refractivity contribution in [2.24, 2.45) is 0 Å². The van der Waals surface area contributed by atoms with E-state index < -0.39 is 0 Å². The molecule has 0 saturated heterocycles. The third-order valence-electron chi connectivity index (χ3n) is 4.44. The highest BCUT2D eigenvalue weighted by Crippen LogP contribution is 2.24. The molecular formula is C24H19ClN2O2. The molecule has 0 fully saturated rings. The van der Waals surface area contributed by atoms with E-state index in [0.717, 1.165) is 27.9 Å². The Morgan fingerprint density at radius 3 is 2.24 bits per heavy atom. The first-order valence-corrected chi connectivity index (χ1v) is 9.56. The van der Waals surface area contributed by atoms with E-state index in [1.54, 1.807) is 7.11 Å². The zero-order valence-corrected chi connectivity index (χ0v) is 16.6. The Morgan fingerprint density at radius 1 is 0.828 bits per heavy atom. The molecule has 4 aromatic rings. The van der Waals surface area contributed by atoms with Gasteiger partial charge in [0.25, 0.3) is 0 Å². The maximum Gasteiger partial charge on any atom is 0.240 e. The summed E-state index contributed by atoms with van der Waals surface area (Å²) < 4.78 is 11.2. The standard InChI is InChI=1S/C24H19ClN2O2/c1-28-19-13-10-17(11-14-19)12-15-23-24(27-22-9-5-4-8-21(22)26-23)29-16-18-6-2-3-7-20(18)25/h2-15H,16H2,1H3/b15-12+. The summed E-state index contributed by atoms with van der Waals surface area (Å²) >= 11 is 6.25. The Morgan fingerprint density at radius 2 is 1.52 bits per heavy atom. The average Bonchev–Trinajstić information content (AvgIpc) is 2.77. The van der Waals surface area contributed by atoms with Crippen LogP contribution in [0, 0.1) is 0 Å². The van der Waals surface area contributed by atoms with E-state index in [9.17, 15) is 0 Å². The highest BCUT2D eigenvalue weighted by molar-refractivity contribution is 6.31. The molecular weight excluding hydrogens is 384 g/mol. The predicted molar refractivity (Wildman–Crippen MR) is 117 cm³/mol. The van der Waals surface area contributed by atoms with Crippen LogP contribution < -0.4 is 9.47 Å². The van der Waals surface area contributed by atoms with Crippen LogP contribution >= 0.6 is 11.6 Å². The Labute approximate surface area is 174 Å². The first-order valence-electron chi connectivity index (χ1n) is 9.18. The minimum absolute atomic E-state index is 0.316. The van der Waals surface area contributed by atoms with Crippen LogP contribution in [0.3, 0.4) is 0 Å². The summed E-state index contributed by atoms with van der Waals surface area (Å²) in [5.74, 6) is 1.28. The molecule has 4 rings (SSSR count). The van der Waals surface area contributed by atoms with Crippen LogP contribution in [0.25, 0.3) is 23.2 Å². The largest absolute Gasteiger partial charge is 0.497 e. The van der Waals surface area contributed by atoms with Crippen LogP contribution in [0.5, 0.6) is 11.6 Å². The molecule has 0 spiro atoms. The van der Waals surface area contributed by atoms with E-state index in [1.807, 2.05) is 84.9 Å². The minimum Gasteiger partial charge on any atom is -0.497 e. The SMILES string of the molecule is COc1ccc(/C=C/c2nc3ccccc3nc2OCc2ccccc2Cl)cc1. The van der Waals surface area contributed by atoms with Gasteiger partial charge in [-0.25, -0.2) is 9.97 Å².